The van der Waals surface area contributed by atoms with Crippen molar-refractivity contribution in [2.45, 2.75) is 12.8 Å². The van der Waals surface area contributed by atoms with E-state index >= 15 is 0 Å². The Morgan fingerprint density at radius 1 is 1.00 bits per heavy atom. The van der Waals surface area contributed by atoms with Crippen LogP contribution in [0.5, 0.6) is 0 Å². The zero-order valence-electron chi connectivity index (χ0n) is 15.0. The second-order valence-electron chi connectivity index (χ2n) is 6.64. The molecular weight excluding hydrogens is 346 g/mol. The van der Waals surface area contributed by atoms with Crippen LogP contribution >= 0.6 is 11.6 Å². The Labute approximate surface area is 160 Å². The summed E-state index contributed by atoms with van der Waals surface area (Å²) in [6.45, 7) is 5.52. The molecule has 1 amide bonds. The zero-order chi connectivity index (χ0) is 18.2. The van der Waals surface area contributed by atoms with Gasteiger partial charge in [-0.25, -0.2) is 0 Å². The number of nitrogens with zero attached hydrogens (tertiary/aromatic N) is 2. The number of hydrogen-bond donors (Lipinski definition) is 1. The summed E-state index contributed by atoms with van der Waals surface area (Å²) in [7, 11) is 0. The normalized spacial score (nSPS) is 15.0. The molecular formula is C21H26ClN3O. The molecule has 0 saturated carbocycles. The lowest BCUT2D eigenvalue weighted by atomic mass is 10.1. The minimum absolute atomic E-state index is 0.123. The maximum atomic E-state index is 12.1. The molecule has 138 valence electrons. The van der Waals surface area contributed by atoms with Gasteiger partial charge in [-0.2, -0.15) is 0 Å². The molecule has 1 aliphatic heterocycles. The van der Waals surface area contributed by atoms with Crippen LogP contribution in [-0.2, 0) is 11.2 Å². The van der Waals surface area contributed by atoms with Crippen molar-refractivity contribution in [2.24, 2.45) is 0 Å². The van der Waals surface area contributed by atoms with Crippen molar-refractivity contribution in [3.8, 4) is 0 Å². The maximum absolute atomic E-state index is 12.1. The Morgan fingerprint density at radius 3 is 2.50 bits per heavy atom. The van der Waals surface area contributed by atoms with Gasteiger partial charge in [0, 0.05) is 56.4 Å². The van der Waals surface area contributed by atoms with Crippen LogP contribution in [0.3, 0.4) is 0 Å². The van der Waals surface area contributed by atoms with Crippen molar-refractivity contribution in [3.05, 3.63) is 65.2 Å². The van der Waals surface area contributed by atoms with Gasteiger partial charge < -0.3 is 10.2 Å². The van der Waals surface area contributed by atoms with E-state index in [0.29, 0.717) is 13.0 Å². The number of piperazine rings is 1. The van der Waals surface area contributed by atoms with Crippen LogP contribution in [0.1, 0.15) is 12.0 Å². The van der Waals surface area contributed by atoms with Crippen LogP contribution in [0.4, 0.5) is 5.69 Å². The number of benzene rings is 2. The Kier molecular flexibility index (Phi) is 6.92. The number of carbonyl (C=O) groups excluding carboxylic acids is 1. The number of nitrogens with one attached hydrogen (secondary N) is 1. The average molecular weight is 372 g/mol. The highest BCUT2D eigenvalue weighted by Gasteiger charge is 2.17. The predicted octanol–water partition coefficient (Wildman–Crippen LogP) is 3.21. The van der Waals surface area contributed by atoms with E-state index in [1.165, 1.54) is 5.69 Å². The largest absolute Gasteiger partial charge is 0.369 e. The number of amides is 1. The van der Waals surface area contributed by atoms with E-state index in [4.69, 9.17) is 11.6 Å². The number of halogens is 1. The van der Waals surface area contributed by atoms with Crippen molar-refractivity contribution in [1.82, 2.24) is 10.2 Å². The van der Waals surface area contributed by atoms with Crippen LogP contribution in [0.2, 0.25) is 5.02 Å². The monoisotopic (exact) mass is 371 g/mol. The molecule has 2 aromatic rings. The first-order valence-corrected chi connectivity index (χ1v) is 9.62. The summed E-state index contributed by atoms with van der Waals surface area (Å²) in [5, 5.41) is 3.75. The Bertz CT molecular complexity index is 699. The predicted molar refractivity (Wildman–Crippen MR) is 108 cm³/mol. The minimum Gasteiger partial charge on any atom is -0.369 e. The second-order valence-corrected chi connectivity index (χ2v) is 7.08. The van der Waals surface area contributed by atoms with Crippen molar-refractivity contribution in [1.29, 1.82) is 0 Å². The molecule has 1 aliphatic rings. The summed E-state index contributed by atoms with van der Waals surface area (Å²) in [4.78, 5) is 16.8. The molecule has 0 spiro atoms. The van der Waals surface area contributed by atoms with E-state index in [9.17, 15) is 4.79 Å². The molecule has 26 heavy (non-hydrogen) atoms. The van der Waals surface area contributed by atoms with Gasteiger partial charge in [0.2, 0.25) is 5.91 Å². The topological polar surface area (TPSA) is 35.6 Å². The van der Waals surface area contributed by atoms with Crippen LogP contribution in [0.25, 0.3) is 0 Å². The quantitative estimate of drug-likeness (QED) is 0.811. The molecule has 0 bridgehead atoms. The molecule has 1 saturated heterocycles. The van der Waals surface area contributed by atoms with E-state index in [-0.39, 0.29) is 5.91 Å². The van der Waals surface area contributed by atoms with Gasteiger partial charge in [-0.05, 0) is 36.2 Å². The van der Waals surface area contributed by atoms with Crippen LogP contribution in [-0.4, -0.2) is 50.1 Å². The zero-order valence-corrected chi connectivity index (χ0v) is 15.8. The summed E-state index contributed by atoms with van der Waals surface area (Å²) in [6, 6.07) is 18.3. The molecule has 5 heteroatoms. The fraction of sp³-hybridized carbons (Fsp3) is 0.381. The molecule has 1 fully saturated rings. The van der Waals surface area contributed by atoms with Gasteiger partial charge in [0.25, 0.3) is 0 Å². The minimum atomic E-state index is 0.123. The first-order chi connectivity index (χ1) is 12.7. The summed E-state index contributed by atoms with van der Waals surface area (Å²) in [5.74, 6) is 0.123. The second kappa shape index (κ2) is 9.60. The van der Waals surface area contributed by atoms with E-state index in [2.05, 4.69) is 39.4 Å². The third-order valence-corrected chi connectivity index (χ3v) is 5.01. The van der Waals surface area contributed by atoms with Gasteiger partial charge in [-0.15, -0.1) is 0 Å². The Balaban J connectivity index is 1.31. The number of rotatable bonds is 7. The summed E-state index contributed by atoms with van der Waals surface area (Å²) in [5.41, 5.74) is 2.43. The lowest BCUT2D eigenvalue weighted by Gasteiger charge is -2.36. The van der Waals surface area contributed by atoms with Crippen molar-refractivity contribution >= 4 is 23.2 Å². The highest BCUT2D eigenvalue weighted by atomic mass is 35.5. The van der Waals surface area contributed by atoms with Crippen molar-refractivity contribution in [3.63, 3.8) is 0 Å². The lowest BCUT2D eigenvalue weighted by Crippen LogP contribution is -2.47. The van der Waals surface area contributed by atoms with Gasteiger partial charge >= 0.3 is 0 Å². The fourth-order valence-electron chi connectivity index (χ4n) is 3.26. The highest BCUT2D eigenvalue weighted by molar-refractivity contribution is 6.30. The van der Waals surface area contributed by atoms with Gasteiger partial charge in [0.1, 0.15) is 0 Å². The first kappa shape index (κ1) is 18.7. The Hall–Kier alpha value is -2.04. The number of para-hydroxylation sites is 1. The molecule has 0 atom stereocenters. The number of carbonyl (C=O) groups is 1. The van der Waals surface area contributed by atoms with Crippen molar-refractivity contribution in [2.75, 3.05) is 44.2 Å². The van der Waals surface area contributed by atoms with Gasteiger partial charge in [-0.3, -0.25) is 9.69 Å². The average Bonchev–Trinajstić information content (AvgIpc) is 2.68. The lowest BCUT2D eigenvalue weighted by molar-refractivity contribution is -0.121. The first-order valence-electron chi connectivity index (χ1n) is 9.24. The van der Waals surface area contributed by atoms with Gasteiger partial charge in [-0.1, -0.05) is 41.9 Å². The smallest absolute Gasteiger partial charge is 0.221 e. The SMILES string of the molecule is O=C(CCN1CCN(c2ccccc2)CC1)NCCc1cccc(Cl)c1. The van der Waals surface area contributed by atoms with E-state index in [1.807, 2.05) is 30.3 Å². The molecule has 0 unspecified atom stereocenters. The van der Waals surface area contributed by atoms with Crippen LogP contribution < -0.4 is 10.2 Å². The molecule has 0 radical (unpaired) electrons. The van der Waals surface area contributed by atoms with Gasteiger partial charge in [0.15, 0.2) is 0 Å². The van der Waals surface area contributed by atoms with Crippen LogP contribution in [0, 0.1) is 0 Å². The summed E-state index contributed by atoms with van der Waals surface area (Å²) >= 11 is 5.98. The molecule has 0 aromatic heterocycles. The molecule has 3 rings (SSSR count). The number of hydrogen-bond acceptors (Lipinski definition) is 3. The summed E-state index contributed by atoms with van der Waals surface area (Å²) < 4.78 is 0. The van der Waals surface area contributed by atoms with Crippen LogP contribution in [0.15, 0.2) is 54.6 Å². The molecule has 0 aliphatic carbocycles. The number of anilines is 1. The van der Waals surface area contributed by atoms with E-state index < -0.39 is 0 Å². The van der Waals surface area contributed by atoms with E-state index in [0.717, 1.165) is 49.7 Å². The van der Waals surface area contributed by atoms with E-state index in [1.54, 1.807) is 0 Å². The highest BCUT2D eigenvalue weighted by Crippen LogP contribution is 2.15. The standard InChI is InChI=1S/C21H26ClN3O/c22-19-6-4-5-18(17-19)9-11-23-21(26)10-12-24-13-15-25(16-14-24)20-7-2-1-3-8-20/h1-8,17H,9-16H2,(H,23,26). The molecule has 2 aromatic carbocycles. The Morgan fingerprint density at radius 2 is 1.77 bits per heavy atom. The third kappa shape index (κ3) is 5.75. The van der Waals surface area contributed by atoms with Gasteiger partial charge in [0.05, 0.1) is 0 Å². The molecule has 1 heterocycles. The molecule has 4 nitrogen and oxygen atoms in total. The maximum Gasteiger partial charge on any atom is 0.221 e. The third-order valence-electron chi connectivity index (χ3n) is 4.77. The summed E-state index contributed by atoms with van der Waals surface area (Å²) in [6.07, 6.45) is 1.36. The molecule has 1 N–H and O–H groups in total. The fourth-order valence-corrected chi connectivity index (χ4v) is 3.47. The van der Waals surface area contributed by atoms with Crippen molar-refractivity contribution < 1.29 is 4.79 Å².